The molecule has 0 saturated heterocycles. The van der Waals surface area contributed by atoms with Crippen LogP contribution in [-0.4, -0.2) is 11.0 Å². The third-order valence-corrected chi connectivity index (χ3v) is 3.28. The molecule has 1 aromatic heterocycles. The number of pyridine rings is 1. The van der Waals surface area contributed by atoms with Gasteiger partial charge in [-0.1, -0.05) is 26.7 Å². The maximum atomic E-state index is 4.40. The molecule has 0 amide bonds. The van der Waals surface area contributed by atoms with E-state index >= 15 is 0 Å². The topological polar surface area (TPSA) is 24.9 Å². The second kappa shape index (κ2) is 7.00. The maximum Gasteiger partial charge on any atom is 0.129 e. The van der Waals surface area contributed by atoms with Gasteiger partial charge in [-0.2, -0.15) is 0 Å². The third-order valence-electron chi connectivity index (χ3n) is 2.85. The number of nitrogens with zero attached hydrogens (tertiary/aromatic N) is 1. The summed E-state index contributed by atoms with van der Waals surface area (Å²) in [7, 11) is 0. The number of hydrogen-bond donors (Lipinski definition) is 1. The van der Waals surface area contributed by atoms with Gasteiger partial charge in [-0.05, 0) is 53.7 Å². The summed E-state index contributed by atoms with van der Waals surface area (Å²) in [5, 5.41) is 3.48. The van der Waals surface area contributed by atoms with E-state index in [4.69, 9.17) is 0 Å². The largest absolute Gasteiger partial charge is 0.367 e. The molecule has 1 unspecified atom stereocenters. The summed E-state index contributed by atoms with van der Waals surface area (Å²) >= 11 is 3.43. The van der Waals surface area contributed by atoms with Crippen LogP contribution in [-0.2, 0) is 0 Å². The summed E-state index contributed by atoms with van der Waals surface area (Å²) in [6.07, 6.45) is 5.63. The van der Waals surface area contributed by atoms with E-state index in [0.717, 1.165) is 16.2 Å². The van der Waals surface area contributed by atoms with Crippen molar-refractivity contribution in [1.82, 2.24) is 4.98 Å². The zero-order valence-corrected chi connectivity index (χ0v) is 12.8. The van der Waals surface area contributed by atoms with E-state index in [1.807, 2.05) is 6.20 Å². The van der Waals surface area contributed by atoms with E-state index in [0.29, 0.717) is 6.04 Å². The van der Waals surface area contributed by atoms with Crippen LogP contribution in [0.1, 0.15) is 45.6 Å². The molecule has 0 radical (unpaired) electrons. The van der Waals surface area contributed by atoms with Crippen molar-refractivity contribution in [3.63, 3.8) is 0 Å². The van der Waals surface area contributed by atoms with Crippen LogP contribution in [0.2, 0.25) is 0 Å². The van der Waals surface area contributed by atoms with Crippen molar-refractivity contribution < 1.29 is 0 Å². The normalized spacial score (nSPS) is 12.8. The lowest BCUT2D eigenvalue weighted by Gasteiger charge is -2.16. The van der Waals surface area contributed by atoms with Crippen LogP contribution in [0.25, 0.3) is 0 Å². The van der Waals surface area contributed by atoms with Crippen LogP contribution in [0, 0.1) is 12.8 Å². The van der Waals surface area contributed by atoms with Crippen LogP contribution in [0.15, 0.2) is 16.7 Å². The molecule has 0 aliphatic rings. The lowest BCUT2D eigenvalue weighted by molar-refractivity contribution is 0.520. The highest BCUT2D eigenvalue weighted by molar-refractivity contribution is 9.10. The molecule has 0 bridgehead atoms. The lowest BCUT2D eigenvalue weighted by atomic mass is 10.0. The first-order valence-electron chi connectivity index (χ1n) is 6.37. The highest BCUT2D eigenvalue weighted by Gasteiger charge is 2.06. The lowest BCUT2D eigenvalue weighted by Crippen LogP contribution is -2.16. The Labute approximate surface area is 113 Å². The van der Waals surface area contributed by atoms with Crippen molar-refractivity contribution in [2.24, 2.45) is 5.92 Å². The summed E-state index contributed by atoms with van der Waals surface area (Å²) < 4.78 is 1.04. The van der Waals surface area contributed by atoms with Crippen molar-refractivity contribution in [1.29, 1.82) is 0 Å². The Bertz CT molecular complexity index is 350. The van der Waals surface area contributed by atoms with Gasteiger partial charge in [0.15, 0.2) is 0 Å². The molecule has 0 aromatic carbocycles. The zero-order chi connectivity index (χ0) is 12.8. The molecule has 3 heteroatoms. The average Bonchev–Trinajstić information content (AvgIpc) is 2.21. The second-order valence-electron chi connectivity index (χ2n) is 5.19. The van der Waals surface area contributed by atoms with Gasteiger partial charge >= 0.3 is 0 Å². The maximum absolute atomic E-state index is 4.40. The molecule has 1 N–H and O–H groups in total. The predicted octanol–water partition coefficient (Wildman–Crippen LogP) is 4.78. The average molecular weight is 299 g/mol. The van der Waals surface area contributed by atoms with Crippen LogP contribution in [0.4, 0.5) is 5.82 Å². The summed E-state index contributed by atoms with van der Waals surface area (Å²) in [6, 6.07) is 2.58. The van der Waals surface area contributed by atoms with E-state index in [9.17, 15) is 0 Å². The number of rotatable bonds is 6. The van der Waals surface area contributed by atoms with Gasteiger partial charge in [-0.15, -0.1) is 0 Å². The molecule has 0 aliphatic heterocycles. The van der Waals surface area contributed by atoms with E-state index < -0.39 is 0 Å². The van der Waals surface area contributed by atoms with E-state index in [1.165, 1.54) is 24.8 Å². The molecular weight excluding hydrogens is 276 g/mol. The number of hydrogen-bond acceptors (Lipinski definition) is 2. The number of nitrogens with one attached hydrogen (secondary N) is 1. The monoisotopic (exact) mass is 298 g/mol. The molecule has 0 fully saturated rings. The van der Waals surface area contributed by atoms with Gasteiger partial charge < -0.3 is 5.32 Å². The molecule has 2 nitrogen and oxygen atoms in total. The molecule has 0 aliphatic carbocycles. The van der Waals surface area contributed by atoms with Gasteiger partial charge in [0.2, 0.25) is 0 Å². The first kappa shape index (κ1) is 14.5. The Kier molecular flexibility index (Phi) is 5.96. The van der Waals surface area contributed by atoms with Gasteiger partial charge in [0, 0.05) is 16.7 Å². The zero-order valence-electron chi connectivity index (χ0n) is 11.3. The number of aryl methyl sites for hydroxylation is 1. The van der Waals surface area contributed by atoms with E-state index in [1.54, 1.807) is 0 Å². The molecule has 96 valence electrons. The Balaban J connectivity index is 2.42. The smallest absolute Gasteiger partial charge is 0.129 e. The number of anilines is 1. The summed E-state index contributed by atoms with van der Waals surface area (Å²) in [5.41, 5.74) is 1.19. The van der Waals surface area contributed by atoms with E-state index in [-0.39, 0.29) is 0 Å². The van der Waals surface area contributed by atoms with Gasteiger partial charge in [0.1, 0.15) is 5.82 Å². The van der Waals surface area contributed by atoms with Crippen molar-refractivity contribution in [3.8, 4) is 0 Å². The molecular formula is C14H23BrN2. The third kappa shape index (κ3) is 5.53. The van der Waals surface area contributed by atoms with Crippen LogP contribution >= 0.6 is 15.9 Å². The van der Waals surface area contributed by atoms with Crippen molar-refractivity contribution in [2.45, 2.75) is 53.0 Å². The van der Waals surface area contributed by atoms with E-state index in [2.05, 4.69) is 60.0 Å². The second-order valence-corrected chi connectivity index (χ2v) is 6.10. The molecule has 1 rings (SSSR count). The van der Waals surface area contributed by atoms with Gasteiger partial charge in [-0.3, -0.25) is 0 Å². The fraction of sp³-hybridized carbons (Fsp3) is 0.643. The Morgan fingerprint density at radius 3 is 2.59 bits per heavy atom. The molecule has 17 heavy (non-hydrogen) atoms. The molecule has 1 heterocycles. The van der Waals surface area contributed by atoms with Crippen LogP contribution in [0.3, 0.4) is 0 Å². The first-order chi connectivity index (χ1) is 7.99. The molecule has 1 aromatic rings. The molecule has 0 saturated carbocycles. The quantitative estimate of drug-likeness (QED) is 0.817. The van der Waals surface area contributed by atoms with Crippen molar-refractivity contribution in [2.75, 3.05) is 5.32 Å². The van der Waals surface area contributed by atoms with Gasteiger partial charge in [0.05, 0.1) is 0 Å². The fourth-order valence-corrected chi connectivity index (χ4v) is 2.28. The fourth-order valence-electron chi connectivity index (χ4n) is 1.83. The van der Waals surface area contributed by atoms with Crippen LogP contribution in [0.5, 0.6) is 0 Å². The van der Waals surface area contributed by atoms with Crippen LogP contribution < -0.4 is 5.32 Å². The number of aromatic nitrogens is 1. The summed E-state index contributed by atoms with van der Waals surface area (Å²) in [5.74, 6) is 1.81. The highest BCUT2D eigenvalue weighted by Crippen LogP contribution is 2.18. The predicted molar refractivity (Wildman–Crippen MR) is 78.4 cm³/mol. The summed E-state index contributed by atoms with van der Waals surface area (Å²) in [4.78, 5) is 4.40. The Morgan fingerprint density at radius 2 is 2.00 bits per heavy atom. The first-order valence-corrected chi connectivity index (χ1v) is 7.17. The Morgan fingerprint density at radius 1 is 1.29 bits per heavy atom. The van der Waals surface area contributed by atoms with Gasteiger partial charge in [-0.25, -0.2) is 4.98 Å². The summed E-state index contributed by atoms with van der Waals surface area (Å²) in [6.45, 7) is 8.86. The van der Waals surface area contributed by atoms with Crippen molar-refractivity contribution in [3.05, 3.63) is 22.3 Å². The van der Waals surface area contributed by atoms with Gasteiger partial charge in [0.25, 0.3) is 0 Å². The standard InChI is InChI=1S/C14H23BrN2/c1-10(2)6-5-7-12(4)17-14-11(3)8-13(15)9-16-14/h8-10,12H,5-7H2,1-4H3,(H,16,17). The minimum atomic E-state index is 0.487. The SMILES string of the molecule is Cc1cc(Br)cnc1NC(C)CCCC(C)C. The highest BCUT2D eigenvalue weighted by atomic mass is 79.9. The molecule has 0 spiro atoms. The minimum Gasteiger partial charge on any atom is -0.367 e. The Hall–Kier alpha value is -0.570. The van der Waals surface area contributed by atoms with Crippen molar-refractivity contribution >= 4 is 21.7 Å². The number of halogens is 1. The molecule has 1 atom stereocenters. The minimum absolute atomic E-state index is 0.487.